The average Bonchev–Trinajstić information content (AvgIpc) is 3.18. The van der Waals surface area contributed by atoms with Crippen molar-refractivity contribution >= 4 is 51.9 Å². The summed E-state index contributed by atoms with van der Waals surface area (Å²) in [5.41, 5.74) is 2.59. The third kappa shape index (κ3) is 5.18. The Labute approximate surface area is 194 Å². The second-order valence-corrected chi connectivity index (χ2v) is 8.64. The third-order valence-corrected chi connectivity index (χ3v) is 6.16. The lowest BCUT2D eigenvalue weighted by atomic mass is 10.1. The zero-order valence-corrected chi connectivity index (χ0v) is 19.0. The lowest BCUT2D eigenvalue weighted by molar-refractivity contribution is -0.118. The van der Waals surface area contributed by atoms with Gasteiger partial charge in [0.05, 0.1) is 23.0 Å². The Morgan fingerprint density at radius 1 is 1.13 bits per heavy atom. The number of carbonyl (C=O) groups excluding carboxylic acids is 1. The predicted molar refractivity (Wildman–Crippen MR) is 125 cm³/mol. The van der Waals surface area contributed by atoms with Crippen LogP contribution in [-0.2, 0) is 11.2 Å². The largest absolute Gasteiger partial charge is 0.355 e. The number of amides is 1. The van der Waals surface area contributed by atoms with E-state index in [-0.39, 0.29) is 11.7 Å². The summed E-state index contributed by atoms with van der Waals surface area (Å²) in [6.07, 6.45) is 2.37. The van der Waals surface area contributed by atoms with E-state index >= 15 is 0 Å². The maximum absolute atomic E-state index is 12.3. The van der Waals surface area contributed by atoms with Gasteiger partial charge < -0.3 is 5.32 Å². The van der Waals surface area contributed by atoms with Crippen molar-refractivity contribution in [2.75, 3.05) is 12.3 Å². The first-order valence-electron chi connectivity index (χ1n) is 9.62. The molecule has 4 aromatic rings. The molecule has 2 aromatic heterocycles. The fourth-order valence-corrected chi connectivity index (χ4v) is 4.47. The lowest BCUT2D eigenvalue weighted by Gasteiger charge is -2.08. The molecule has 1 amide bonds. The van der Waals surface area contributed by atoms with Gasteiger partial charge >= 0.3 is 0 Å². The molecule has 0 aliphatic heterocycles. The molecule has 2 heterocycles. The van der Waals surface area contributed by atoms with Crippen molar-refractivity contribution < 1.29 is 4.79 Å². The Hall–Kier alpha value is -2.61. The standard InChI is InChI=1S/C22H19Cl2N5OS/c1-14-27-21-18(12-26-29(21)17-5-3-2-4-6-17)22(28-14)31-13-20(30)25-10-9-15-7-8-16(23)11-19(15)24/h2-8,11-12H,9-10,13H2,1H3,(H,25,30). The van der Waals surface area contributed by atoms with Gasteiger partial charge in [0.15, 0.2) is 5.65 Å². The van der Waals surface area contributed by atoms with Crippen LogP contribution < -0.4 is 5.32 Å². The van der Waals surface area contributed by atoms with Gasteiger partial charge in [0.25, 0.3) is 0 Å². The van der Waals surface area contributed by atoms with Gasteiger partial charge in [-0.2, -0.15) is 5.10 Å². The minimum absolute atomic E-state index is 0.0741. The van der Waals surface area contributed by atoms with Crippen LogP contribution in [0.4, 0.5) is 0 Å². The first-order chi connectivity index (χ1) is 15.0. The minimum atomic E-state index is -0.0741. The summed E-state index contributed by atoms with van der Waals surface area (Å²) >= 11 is 13.5. The molecular formula is C22H19Cl2N5OS. The second-order valence-electron chi connectivity index (χ2n) is 6.83. The van der Waals surface area contributed by atoms with Crippen LogP contribution in [0.15, 0.2) is 59.8 Å². The van der Waals surface area contributed by atoms with Gasteiger partial charge in [-0.25, -0.2) is 14.6 Å². The van der Waals surface area contributed by atoms with E-state index in [9.17, 15) is 4.79 Å². The Morgan fingerprint density at radius 3 is 2.71 bits per heavy atom. The Bertz CT molecular complexity index is 1230. The fraction of sp³-hybridized carbons (Fsp3) is 0.182. The number of para-hydroxylation sites is 1. The van der Waals surface area contributed by atoms with Gasteiger partial charge in [0.2, 0.25) is 5.91 Å². The molecule has 0 atom stereocenters. The molecular weight excluding hydrogens is 453 g/mol. The highest BCUT2D eigenvalue weighted by atomic mass is 35.5. The molecule has 0 saturated heterocycles. The van der Waals surface area contributed by atoms with Gasteiger partial charge in [-0.3, -0.25) is 4.79 Å². The van der Waals surface area contributed by atoms with E-state index in [1.54, 1.807) is 23.0 Å². The van der Waals surface area contributed by atoms with E-state index in [1.807, 2.05) is 43.3 Å². The Balaban J connectivity index is 1.40. The van der Waals surface area contributed by atoms with Crippen LogP contribution in [0.3, 0.4) is 0 Å². The molecule has 0 spiro atoms. The molecule has 2 aromatic carbocycles. The molecule has 0 saturated carbocycles. The molecule has 9 heteroatoms. The molecule has 0 unspecified atom stereocenters. The lowest BCUT2D eigenvalue weighted by Crippen LogP contribution is -2.27. The van der Waals surface area contributed by atoms with Crippen molar-refractivity contribution in [3.63, 3.8) is 0 Å². The molecule has 0 radical (unpaired) electrons. The zero-order chi connectivity index (χ0) is 21.8. The highest BCUT2D eigenvalue weighted by Crippen LogP contribution is 2.26. The minimum Gasteiger partial charge on any atom is -0.355 e. The monoisotopic (exact) mass is 471 g/mol. The second kappa shape index (κ2) is 9.68. The molecule has 4 rings (SSSR count). The Morgan fingerprint density at radius 2 is 1.94 bits per heavy atom. The first kappa shape index (κ1) is 21.6. The number of benzene rings is 2. The summed E-state index contributed by atoms with van der Waals surface area (Å²) in [6.45, 7) is 2.33. The van der Waals surface area contributed by atoms with E-state index < -0.39 is 0 Å². The molecule has 158 valence electrons. The highest BCUT2D eigenvalue weighted by Gasteiger charge is 2.14. The molecule has 0 aliphatic rings. The van der Waals surface area contributed by atoms with Crippen molar-refractivity contribution in [3.05, 3.63) is 76.2 Å². The number of aromatic nitrogens is 4. The smallest absolute Gasteiger partial charge is 0.230 e. The van der Waals surface area contributed by atoms with E-state index in [2.05, 4.69) is 20.4 Å². The SMILES string of the molecule is Cc1nc(SCC(=O)NCCc2ccc(Cl)cc2Cl)c2cnn(-c3ccccc3)c2n1. The third-order valence-electron chi connectivity index (χ3n) is 4.58. The number of hydrogen-bond acceptors (Lipinski definition) is 5. The molecule has 1 N–H and O–H groups in total. The van der Waals surface area contributed by atoms with Crippen LogP contribution in [0.25, 0.3) is 16.7 Å². The number of nitrogens with zero attached hydrogens (tertiary/aromatic N) is 4. The number of halogens is 2. The molecule has 0 aliphatic carbocycles. The average molecular weight is 472 g/mol. The summed E-state index contributed by atoms with van der Waals surface area (Å²) in [7, 11) is 0. The van der Waals surface area contributed by atoms with Crippen molar-refractivity contribution in [1.82, 2.24) is 25.1 Å². The number of fused-ring (bicyclic) bond motifs is 1. The van der Waals surface area contributed by atoms with Gasteiger partial charge in [-0.1, -0.05) is 59.2 Å². The maximum atomic E-state index is 12.3. The summed E-state index contributed by atoms with van der Waals surface area (Å²) < 4.78 is 1.78. The van der Waals surface area contributed by atoms with Crippen molar-refractivity contribution in [2.45, 2.75) is 18.4 Å². The molecule has 31 heavy (non-hydrogen) atoms. The van der Waals surface area contributed by atoms with E-state index in [0.717, 1.165) is 27.3 Å². The number of carbonyl (C=O) groups is 1. The molecule has 0 fully saturated rings. The van der Waals surface area contributed by atoms with Crippen LogP contribution in [0.1, 0.15) is 11.4 Å². The van der Waals surface area contributed by atoms with E-state index in [0.29, 0.717) is 28.8 Å². The summed E-state index contributed by atoms with van der Waals surface area (Å²) in [6, 6.07) is 15.2. The summed E-state index contributed by atoms with van der Waals surface area (Å²) in [5, 5.41) is 10.1. The van der Waals surface area contributed by atoms with Gasteiger partial charge in [0.1, 0.15) is 10.9 Å². The summed E-state index contributed by atoms with van der Waals surface area (Å²) in [4.78, 5) is 21.4. The van der Waals surface area contributed by atoms with Crippen LogP contribution in [0, 0.1) is 6.92 Å². The molecule has 0 bridgehead atoms. The first-order valence-corrected chi connectivity index (χ1v) is 11.4. The number of hydrogen-bond donors (Lipinski definition) is 1. The van der Waals surface area contributed by atoms with Gasteiger partial charge in [-0.05, 0) is 43.2 Å². The van der Waals surface area contributed by atoms with Gasteiger partial charge in [-0.15, -0.1) is 0 Å². The van der Waals surface area contributed by atoms with Crippen LogP contribution in [0.2, 0.25) is 10.0 Å². The normalized spacial score (nSPS) is 11.1. The fourth-order valence-electron chi connectivity index (χ4n) is 3.10. The van der Waals surface area contributed by atoms with Gasteiger partial charge in [0, 0.05) is 16.6 Å². The Kier molecular flexibility index (Phi) is 6.75. The predicted octanol–water partition coefficient (Wildman–Crippen LogP) is 4.88. The quantitative estimate of drug-likeness (QED) is 0.307. The van der Waals surface area contributed by atoms with Crippen LogP contribution >= 0.6 is 35.0 Å². The highest BCUT2D eigenvalue weighted by molar-refractivity contribution is 8.00. The van der Waals surface area contributed by atoms with Crippen molar-refractivity contribution in [1.29, 1.82) is 0 Å². The number of nitrogens with one attached hydrogen (secondary N) is 1. The summed E-state index contributed by atoms with van der Waals surface area (Å²) in [5.74, 6) is 0.802. The molecule has 6 nitrogen and oxygen atoms in total. The van der Waals surface area contributed by atoms with Crippen molar-refractivity contribution in [3.8, 4) is 5.69 Å². The maximum Gasteiger partial charge on any atom is 0.230 e. The number of aryl methyl sites for hydroxylation is 1. The van der Waals surface area contributed by atoms with E-state index in [1.165, 1.54) is 11.8 Å². The number of thioether (sulfide) groups is 1. The number of rotatable bonds is 7. The van der Waals surface area contributed by atoms with Crippen LogP contribution in [-0.4, -0.2) is 38.0 Å². The van der Waals surface area contributed by atoms with Crippen molar-refractivity contribution in [2.24, 2.45) is 0 Å². The van der Waals surface area contributed by atoms with Crippen LogP contribution in [0.5, 0.6) is 0 Å². The zero-order valence-electron chi connectivity index (χ0n) is 16.7. The van der Waals surface area contributed by atoms with E-state index in [4.69, 9.17) is 23.2 Å². The topological polar surface area (TPSA) is 72.7 Å².